The molecule has 1 unspecified atom stereocenters. The van der Waals surface area contributed by atoms with Crippen molar-refractivity contribution in [3.63, 3.8) is 0 Å². The SMILES string of the molecule is CC(C)CCOCC(C)CN=[N+]=[N-]. The summed E-state index contributed by atoms with van der Waals surface area (Å²) in [5, 5.41) is 3.49. The van der Waals surface area contributed by atoms with E-state index in [9.17, 15) is 0 Å². The molecular formula is C9H19N3O. The van der Waals surface area contributed by atoms with Crippen molar-refractivity contribution in [1.82, 2.24) is 0 Å². The van der Waals surface area contributed by atoms with Crippen LogP contribution in [-0.4, -0.2) is 19.8 Å². The third kappa shape index (κ3) is 9.18. The fourth-order valence-electron chi connectivity index (χ4n) is 0.832. The molecule has 0 aliphatic carbocycles. The topological polar surface area (TPSA) is 58.0 Å². The predicted octanol–water partition coefficient (Wildman–Crippen LogP) is 3.00. The van der Waals surface area contributed by atoms with Gasteiger partial charge in [-0.1, -0.05) is 25.9 Å². The van der Waals surface area contributed by atoms with E-state index in [0.717, 1.165) is 13.0 Å². The van der Waals surface area contributed by atoms with Gasteiger partial charge in [0.2, 0.25) is 0 Å². The van der Waals surface area contributed by atoms with Crippen LogP contribution in [0.2, 0.25) is 0 Å². The molecule has 0 bridgehead atoms. The monoisotopic (exact) mass is 185 g/mol. The lowest BCUT2D eigenvalue weighted by Gasteiger charge is -2.09. The Balaban J connectivity index is 3.26. The average molecular weight is 185 g/mol. The Bertz CT molecular complexity index is 164. The first-order valence-corrected chi connectivity index (χ1v) is 4.75. The molecule has 0 aromatic carbocycles. The summed E-state index contributed by atoms with van der Waals surface area (Å²) >= 11 is 0. The van der Waals surface area contributed by atoms with Gasteiger partial charge in [-0.25, -0.2) is 0 Å². The summed E-state index contributed by atoms with van der Waals surface area (Å²) in [6, 6.07) is 0. The van der Waals surface area contributed by atoms with E-state index in [2.05, 4.69) is 23.9 Å². The summed E-state index contributed by atoms with van der Waals surface area (Å²) in [4.78, 5) is 2.70. The van der Waals surface area contributed by atoms with Crippen molar-refractivity contribution >= 4 is 0 Å². The van der Waals surface area contributed by atoms with Gasteiger partial charge in [0.25, 0.3) is 0 Å². The molecule has 0 saturated heterocycles. The number of ether oxygens (including phenoxy) is 1. The van der Waals surface area contributed by atoms with Gasteiger partial charge in [0.05, 0.1) is 0 Å². The number of hydrogen-bond acceptors (Lipinski definition) is 2. The van der Waals surface area contributed by atoms with Crippen molar-refractivity contribution < 1.29 is 4.74 Å². The smallest absolute Gasteiger partial charge is 0.0492 e. The summed E-state index contributed by atoms with van der Waals surface area (Å²) < 4.78 is 5.42. The number of rotatable bonds is 7. The highest BCUT2D eigenvalue weighted by atomic mass is 16.5. The van der Waals surface area contributed by atoms with Gasteiger partial charge < -0.3 is 4.74 Å². The highest BCUT2D eigenvalue weighted by Crippen LogP contribution is 2.01. The van der Waals surface area contributed by atoms with E-state index in [-0.39, 0.29) is 0 Å². The summed E-state index contributed by atoms with van der Waals surface area (Å²) in [7, 11) is 0. The van der Waals surface area contributed by atoms with Crippen LogP contribution in [0, 0.1) is 11.8 Å². The zero-order valence-corrected chi connectivity index (χ0v) is 8.73. The number of azide groups is 1. The second-order valence-electron chi connectivity index (χ2n) is 3.78. The Kier molecular flexibility index (Phi) is 7.45. The van der Waals surface area contributed by atoms with Gasteiger partial charge in [-0.3, -0.25) is 0 Å². The van der Waals surface area contributed by atoms with E-state index in [1.165, 1.54) is 0 Å². The average Bonchev–Trinajstić information content (AvgIpc) is 2.08. The summed E-state index contributed by atoms with van der Waals surface area (Å²) in [5.41, 5.74) is 8.08. The quantitative estimate of drug-likeness (QED) is 0.260. The van der Waals surface area contributed by atoms with Crippen molar-refractivity contribution in [3.8, 4) is 0 Å². The molecule has 0 fully saturated rings. The van der Waals surface area contributed by atoms with Gasteiger partial charge in [-0.15, -0.1) is 0 Å². The molecule has 1 atom stereocenters. The van der Waals surface area contributed by atoms with E-state index in [4.69, 9.17) is 10.3 Å². The minimum atomic E-state index is 0.322. The fourth-order valence-corrected chi connectivity index (χ4v) is 0.832. The van der Waals surface area contributed by atoms with Crippen LogP contribution in [0.25, 0.3) is 10.4 Å². The van der Waals surface area contributed by atoms with Gasteiger partial charge >= 0.3 is 0 Å². The molecule has 0 saturated carbocycles. The van der Waals surface area contributed by atoms with E-state index in [0.29, 0.717) is 25.0 Å². The maximum atomic E-state index is 8.08. The Hall–Kier alpha value is -0.730. The molecule has 0 heterocycles. The van der Waals surface area contributed by atoms with Crippen LogP contribution < -0.4 is 0 Å². The minimum absolute atomic E-state index is 0.322. The maximum absolute atomic E-state index is 8.08. The van der Waals surface area contributed by atoms with E-state index >= 15 is 0 Å². The van der Waals surface area contributed by atoms with Crippen LogP contribution >= 0.6 is 0 Å². The minimum Gasteiger partial charge on any atom is -0.381 e. The van der Waals surface area contributed by atoms with Gasteiger partial charge in [0, 0.05) is 24.7 Å². The normalized spacial score (nSPS) is 12.6. The number of hydrogen-bond donors (Lipinski definition) is 0. The standard InChI is InChI=1S/C9H19N3O/c1-8(2)4-5-13-7-9(3)6-11-12-10/h8-9H,4-7H2,1-3H3. The highest BCUT2D eigenvalue weighted by molar-refractivity contribution is 4.55. The first-order chi connectivity index (χ1) is 6.16. The van der Waals surface area contributed by atoms with Crippen LogP contribution in [0.3, 0.4) is 0 Å². The second kappa shape index (κ2) is 7.90. The zero-order valence-electron chi connectivity index (χ0n) is 8.73. The van der Waals surface area contributed by atoms with Crippen molar-refractivity contribution in [2.75, 3.05) is 19.8 Å². The van der Waals surface area contributed by atoms with E-state index in [1.54, 1.807) is 0 Å². The summed E-state index contributed by atoms with van der Waals surface area (Å²) in [6.45, 7) is 8.38. The first kappa shape index (κ1) is 12.3. The van der Waals surface area contributed by atoms with Gasteiger partial charge in [-0.05, 0) is 23.8 Å². The molecule has 4 heteroatoms. The molecule has 0 radical (unpaired) electrons. The maximum Gasteiger partial charge on any atom is 0.0492 e. The Morgan fingerprint density at radius 1 is 1.38 bits per heavy atom. The molecule has 0 rings (SSSR count). The Morgan fingerprint density at radius 2 is 2.08 bits per heavy atom. The molecular weight excluding hydrogens is 166 g/mol. The molecule has 0 spiro atoms. The Morgan fingerprint density at radius 3 is 2.62 bits per heavy atom. The van der Waals surface area contributed by atoms with Crippen LogP contribution in [0.1, 0.15) is 27.2 Å². The van der Waals surface area contributed by atoms with E-state index < -0.39 is 0 Å². The van der Waals surface area contributed by atoms with Gasteiger partial charge in [0.15, 0.2) is 0 Å². The largest absolute Gasteiger partial charge is 0.381 e. The Labute approximate surface area is 79.9 Å². The van der Waals surface area contributed by atoms with Gasteiger partial charge in [0.1, 0.15) is 0 Å². The zero-order chi connectivity index (χ0) is 10.1. The molecule has 0 N–H and O–H groups in total. The third-order valence-electron chi connectivity index (χ3n) is 1.70. The predicted molar refractivity (Wildman–Crippen MR) is 53.5 cm³/mol. The third-order valence-corrected chi connectivity index (χ3v) is 1.70. The fraction of sp³-hybridized carbons (Fsp3) is 1.00. The van der Waals surface area contributed by atoms with Crippen molar-refractivity contribution in [2.45, 2.75) is 27.2 Å². The molecule has 13 heavy (non-hydrogen) atoms. The number of nitrogens with zero attached hydrogens (tertiary/aromatic N) is 3. The van der Waals surface area contributed by atoms with E-state index in [1.807, 2.05) is 6.92 Å². The van der Waals surface area contributed by atoms with Crippen LogP contribution in [0.4, 0.5) is 0 Å². The van der Waals surface area contributed by atoms with Crippen molar-refractivity contribution in [2.24, 2.45) is 17.0 Å². The lowest BCUT2D eigenvalue weighted by atomic mass is 10.1. The molecule has 4 nitrogen and oxygen atoms in total. The second-order valence-corrected chi connectivity index (χ2v) is 3.78. The molecule has 0 aromatic heterocycles. The summed E-state index contributed by atoms with van der Waals surface area (Å²) in [5.74, 6) is 1.01. The molecule has 0 aromatic rings. The van der Waals surface area contributed by atoms with Crippen LogP contribution in [0.5, 0.6) is 0 Å². The molecule has 0 aliphatic rings. The molecule has 0 aliphatic heterocycles. The lowest BCUT2D eigenvalue weighted by molar-refractivity contribution is 0.0982. The molecule has 76 valence electrons. The van der Waals surface area contributed by atoms with Crippen LogP contribution in [0.15, 0.2) is 5.11 Å². The van der Waals surface area contributed by atoms with Gasteiger partial charge in [-0.2, -0.15) is 0 Å². The highest BCUT2D eigenvalue weighted by Gasteiger charge is 2.00. The van der Waals surface area contributed by atoms with Crippen LogP contribution in [-0.2, 0) is 4.74 Å². The molecule has 0 amide bonds. The van der Waals surface area contributed by atoms with Crippen molar-refractivity contribution in [1.29, 1.82) is 0 Å². The van der Waals surface area contributed by atoms with Crippen molar-refractivity contribution in [3.05, 3.63) is 10.4 Å². The lowest BCUT2D eigenvalue weighted by Crippen LogP contribution is -2.10. The first-order valence-electron chi connectivity index (χ1n) is 4.75. The summed E-state index contributed by atoms with van der Waals surface area (Å²) in [6.07, 6.45) is 1.09.